The number of ether oxygens (including phenoxy) is 1. The number of hydrogen-bond donors (Lipinski definition) is 1. The Bertz CT molecular complexity index is 398. The first-order valence-electron chi connectivity index (χ1n) is 6.04. The van der Waals surface area contributed by atoms with Crippen LogP contribution < -0.4 is 10.5 Å². The molecule has 2 N–H and O–H groups in total. The van der Waals surface area contributed by atoms with Crippen LogP contribution in [0.5, 0.6) is 5.75 Å². The van der Waals surface area contributed by atoms with Crippen LogP contribution in [0.3, 0.4) is 0 Å². The van der Waals surface area contributed by atoms with Crippen molar-refractivity contribution in [3.05, 3.63) is 28.8 Å². The standard InChI is InChI=1S/C14H21NO/c1-8(2)11-6-5-9(3)12-13(15)10(4)7-16-14(11)12/h5-6,8,10,13H,7,15H2,1-4H3. The van der Waals surface area contributed by atoms with Crippen LogP contribution in [0.4, 0.5) is 0 Å². The summed E-state index contributed by atoms with van der Waals surface area (Å²) in [6, 6.07) is 4.44. The van der Waals surface area contributed by atoms with E-state index in [9.17, 15) is 0 Å². The highest BCUT2D eigenvalue weighted by Crippen LogP contribution is 2.40. The van der Waals surface area contributed by atoms with Crippen molar-refractivity contribution in [3.8, 4) is 5.75 Å². The molecule has 1 heterocycles. The monoisotopic (exact) mass is 219 g/mol. The minimum atomic E-state index is 0.113. The Kier molecular flexibility index (Phi) is 2.94. The van der Waals surface area contributed by atoms with Crippen molar-refractivity contribution in [1.82, 2.24) is 0 Å². The van der Waals surface area contributed by atoms with Gasteiger partial charge in [-0.1, -0.05) is 32.9 Å². The first kappa shape index (κ1) is 11.5. The molecule has 0 amide bonds. The summed E-state index contributed by atoms with van der Waals surface area (Å²) in [5.74, 6) is 1.92. The molecule has 2 atom stereocenters. The van der Waals surface area contributed by atoms with Gasteiger partial charge in [0.15, 0.2) is 0 Å². The molecule has 0 spiro atoms. The summed E-state index contributed by atoms with van der Waals surface area (Å²) in [6.45, 7) is 9.38. The second-order valence-corrected chi connectivity index (χ2v) is 5.18. The van der Waals surface area contributed by atoms with Gasteiger partial charge in [0.05, 0.1) is 6.61 Å². The van der Waals surface area contributed by atoms with Crippen LogP contribution in [-0.2, 0) is 0 Å². The molecule has 0 saturated carbocycles. The molecule has 0 radical (unpaired) electrons. The average molecular weight is 219 g/mol. The van der Waals surface area contributed by atoms with Gasteiger partial charge in [-0.25, -0.2) is 0 Å². The lowest BCUT2D eigenvalue weighted by molar-refractivity contribution is 0.204. The molecule has 0 fully saturated rings. The van der Waals surface area contributed by atoms with E-state index >= 15 is 0 Å². The van der Waals surface area contributed by atoms with Gasteiger partial charge in [-0.2, -0.15) is 0 Å². The Morgan fingerprint density at radius 3 is 2.69 bits per heavy atom. The van der Waals surface area contributed by atoms with Crippen LogP contribution in [0.1, 0.15) is 49.4 Å². The van der Waals surface area contributed by atoms with Crippen LogP contribution in [0, 0.1) is 12.8 Å². The molecule has 1 aliphatic rings. The maximum Gasteiger partial charge on any atom is 0.127 e. The highest BCUT2D eigenvalue weighted by Gasteiger charge is 2.28. The van der Waals surface area contributed by atoms with Crippen LogP contribution in [0.15, 0.2) is 12.1 Å². The zero-order valence-electron chi connectivity index (χ0n) is 10.6. The fourth-order valence-electron chi connectivity index (χ4n) is 2.35. The Balaban J connectivity index is 2.58. The van der Waals surface area contributed by atoms with E-state index in [1.54, 1.807) is 0 Å². The summed E-state index contributed by atoms with van der Waals surface area (Å²) in [6.07, 6.45) is 0. The summed E-state index contributed by atoms with van der Waals surface area (Å²) >= 11 is 0. The summed E-state index contributed by atoms with van der Waals surface area (Å²) in [7, 11) is 0. The van der Waals surface area contributed by atoms with E-state index in [0.717, 1.165) is 12.4 Å². The third-order valence-electron chi connectivity index (χ3n) is 3.50. The molecule has 88 valence electrons. The average Bonchev–Trinajstić information content (AvgIpc) is 2.23. The van der Waals surface area contributed by atoms with E-state index in [1.807, 2.05) is 0 Å². The molecule has 0 saturated heterocycles. The fourth-order valence-corrected chi connectivity index (χ4v) is 2.35. The lowest BCUT2D eigenvalue weighted by Gasteiger charge is -2.32. The molecular weight excluding hydrogens is 198 g/mol. The number of hydrogen-bond acceptors (Lipinski definition) is 2. The van der Waals surface area contributed by atoms with Crippen molar-refractivity contribution < 1.29 is 4.74 Å². The van der Waals surface area contributed by atoms with Gasteiger partial charge < -0.3 is 10.5 Å². The SMILES string of the molecule is Cc1ccc(C(C)C)c2c1C(N)C(C)CO2. The van der Waals surface area contributed by atoms with E-state index in [2.05, 4.69) is 39.8 Å². The Labute approximate surface area is 97.8 Å². The van der Waals surface area contributed by atoms with E-state index in [-0.39, 0.29) is 6.04 Å². The molecule has 0 aliphatic carbocycles. The van der Waals surface area contributed by atoms with Gasteiger partial charge in [0.25, 0.3) is 0 Å². The second-order valence-electron chi connectivity index (χ2n) is 5.18. The number of nitrogens with two attached hydrogens (primary N) is 1. The lowest BCUT2D eigenvalue weighted by atomic mass is 9.86. The van der Waals surface area contributed by atoms with E-state index < -0.39 is 0 Å². The van der Waals surface area contributed by atoms with Crippen molar-refractivity contribution >= 4 is 0 Å². The van der Waals surface area contributed by atoms with Crippen molar-refractivity contribution in [2.75, 3.05) is 6.61 Å². The number of aryl methyl sites for hydroxylation is 1. The van der Waals surface area contributed by atoms with Gasteiger partial charge in [-0.15, -0.1) is 0 Å². The topological polar surface area (TPSA) is 35.2 Å². The molecule has 1 aromatic rings. The molecule has 16 heavy (non-hydrogen) atoms. The van der Waals surface area contributed by atoms with Gasteiger partial charge in [0.1, 0.15) is 5.75 Å². The van der Waals surface area contributed by atoms with Crippen LogP contribution in [-0.4, -0.2) is 6.61 Å². The minimum Gasteiger partial charge on any atom is -0.493 e. The molecule has 1 aliphatic heterocycles. The van der Waals surface area contributed by atoms with Crippen molar-refractivity contribution in [1.29, 1.82) is 0 Å². The Morgan fingerprint density at radius 2 is 2.06 bits per heavy atom. The highest BCUT2D eigenvalue weighted by molar-refractivity contribution is 5.50. The largest absolute Gasteiger partial charge is 0.493 e. The van der Waals surface area contributed by atoms with E-state index in [4.69, 9.17) is 10.5 Å². The van der Waals surface area contributed by atoms with Crippen molar-refractivity contribution in [3.63, 3.8) is 0 Å². The zero-order chi connectivity index (χ0) is 11.9. The number of benzene rings is 1. The van der Waals surface area contributed by atoms with Crippen molar-refractivity contribution in [2.24, 2.45) is 11.7 Å². The van der Waals surface area contributed by atoms with Crippen LogP contribution >= 0.6 is 0 Å². The first-order valence-corrected chi connectivity index (χ1v) is 6.04. The van der Waals surface area contributed by atoms with Gasteiger partial charge in [-0.05, 0) is 24.0 Å². The summed E-state index contributed by atoms with van der Waals surface area (Å²) in [5, 5.41) is 0. The van der Waals surface area contributed by atoms with Gasteiger partial charge in [0, 0.05) is 17.5 Å². The summed E-state index contributed by atoms with van der Waals surface area (Å²) in [5.41, 5.74) is 10.0. The quantitative estimate of drug-likeness (QED) is 0.787. The van der Waals surface area contributed by atoms with Gasteiger partial charge in [-0.3, -0.25) is 0 Å². The fraction of sp³-hybridized carbons (Fsp3) is 0.571. The van der Waals surface area contributed by atoms with E-state index in [0.29, 0.717) is 11.8 Å². The minimum absolute atomic E-state index is 0.113. The van der Waals surface area contributed by atoms with E-state index in [1.165, 1.54) is 16.7 Å². The Hall–Kier alpha value is -1.02. The molecule has 2 heteroatoms. The molecule has 0 bridgehead atoms. The molecular formula is C14H21NO. The first-order chi connectivity index (χ1) is 7.52. The molecule has 2 rings (SSSR count). The Morgan fingerprint density at radius 1 is 1.38 bits per heavy atom. The maximum atomic E-state index is 6.28. The van der Waals surface area contributed by atoms with Crippen LogP contribution in [0.2, 0.25) is 0 Å². The highest BCUT2D eigenvalue weighted by atomic mass is 16.5. The predicted molar refractivity (Wildman–Crippen MR) is 66.9 cm³/mol. The van der Waals surface area contributed by atoms with Gasteiger partial charge >= 0.3 is 0 Å². The second kappa shape index (κ2) is 4.10. The third kappa shape index (κ3) is 1.71. The summed E-state index contributed by atoms with van der Waals surface area (Å²) < 4.78 is 5.90. The van der Waals surface area contributed by atoms with Crippen LogP contribution in [0.25, 0.3) is 0 Å². The molecule has 0 aromatic heterocycles. The number of fused-ring (bicyclic) bond motifs is 1. The third-order valence-corrected chi connectivity index (χ3v) is 3.50. The number of rotatable bonds is 1. The zero-order valence-corrected chi connectivity index (χ0v) is 10.6. The normalized spacial score (nSPS) is 24.1. The van der Waals surface area contributed by atoms with Crippen molar-refractivity contribution in [2.45, 2.75) is 39.7 Å². The lowest BCUT2D eigenvalue weighted by Crippen LogP contribution is -2.30. The summed E-state index contributed by atoms with van der Waals surface area (Å²) in [4.78, 5) is 0. The molecule has 2 nitrogen and oxygen atoms in total. The molecule has 2 unspecified atom stereocenters. The smallest absolute Gasteiger partial charge is 0.127 e. The predicted octanol–water partition coefficient (Wildman–Crippen LogP) is 3.15. The maximum absolute atomic E-state index is 6.28. The van der Waals surface area contributed by atoms with Gasteiger partial charge in [0.2, 0.25) is 0 Å². The molecule has 1 aromatic carbocycles.